The first-order chi connectivity index (χ1) is 8.19. The lowest BCUT2D eigenvalue weighted by Gasteiger charge is -2.06. The first kappa shape index (κ1) is 12.3. The molecule has 3 nitrogen and oxygen atoms in total. The lowest BCUT2D eigenvalue weighted by molar-refractivity contribution is 0.424. The van der Waals surface area contributed by atoms with Gasteiger partial charge in [0.05, 0.1) is 0 Å². The lowest BCUT2D eigenvalue weighted by atomic mass is 10.3. The fourth-order valence-electron chi connectivity index (χ4n) is 1.16. The van der Waals surface area contributed by atoms with Crippen LogP contribution in [0.2, 0.25) is 0 Å². The summed E-state index contributed by atoms with van der Waals surface area (Å²) in [7, 11) is 0. The maximum absolute atomic E-state index is 13.4. The Morgan fingerprint density at radius 1 is 1.29 bits per heavy atom. The summed E-state index contributed by atoms with van der Waals surface area (Å²) in [5.41, 5.74) is 0. The van der Waals surface area contributed by atoms with Crippen LogP contribution in [0.15, 0.2) is 40.1 Å². The van der Waals surface area contributed by atoms with Crippen LogP contribution in [0.25, 0.3) is 0 Å². The van der Waals surface area contributed by atoms with Gasteiger partial charge in [0, 0.05) is 10.5 Å². The Bertz CT molecular complexity index is 539. The molecule has 88 valence electrons. The monoisotopic (exact) mass is 314 g/mol. The molecule has 1 heterocycles. The van der Waals surface area contributed by atoms with Crippen molar-refractivity contribution in [3.63, 3.8) is 0 Å². The summed E-state index contributed by atoms with van der Waals surface area (Å²) in [5.74, 6) is 0.0176. The highest BCUT2D eigenvalue weighted by molar-refractivity contribution is 9.10. The molecule has 0 atom stereocenters. The Balaban J connectivity index is 2.27. The number of halogens is 2. The number of aromatic nitrogens is 2. The quantitative estimate of drug-likeness (QED) is 0.636. The number of ether oxygens (including phenoxy) is 1. The van der Waals surface area contributed by atoms with Crippen LogP contribution >= 0.6 is 27.7 Å². The van der Waals surface area contributed by atoms with Crippen molar-refractivity contribution in [2.75, 3.05) is 6.26 Å². The zero-order valence-electron chi connectivity index (χ0n) is 8.85. The Hall–Kier alpha value is -1.14. The number of nitrogens with zero attached hydrogens (tertiary/aromatic N) is 2. The predicted octanol–water partition coefficient (Wildman–Crippen LogP) is 3.89. The van der Waals surface area contributed by atoms with E-state index < -0.39 is 5.82 Å². The molecule has 0 amide bonds. The Labute approximate surface area is 111 Å². The summed E-state index contributed by atoms with van der Waals surface area (Å²) < 4.78 is 19.5. The van der Waals surface area contributed by atoms with E-state index in [1.165, 1.54) is 24.2 Å². The van der Waals surface area contributed by atoms with E-state index in [4.69, 9.17) is 4.74 Å². The lowest BCUT2D eigenvalue weighted by Crippen LogP contribution is -1.92. The van der Waals surface area contributed by atoms with Gasteiger partial charge in [-0.2, -0.15) is 0 Å². The van der Waals surface area contributed by atoms with Crippen molar-refractivity contribution in [2.45, 2.75) is 5.03 Å². The molecule has 0 fully saturated rings. The van der Waals surface area contributed by atoms with E-state index in [0.29, 0.717) is 5.88 Å². The standard InChI is InChI=1S/C11H8BrFN2OS/c1-17-11-5-10(14-6-15-11)16-9-4-7(12)2-3-8(9)13/h2-6H,1H3. The molecule has 1 aromatic carbocycles. The molecular formula is C11H8BrFN2OS. The first-order valence-electron chi connectivity index (χ1n) is 4.68. The van der Waals surface area contributed by atoms with Crippen LogP contribution in [-0.2, 0) is 0 Å². The van der Waals surface area contributed by atoms with Crippen molar-refractivity contribution < 1.29 is 9.13 Å². The van der Waals surface area contributed by atoms with Crippen molar-refractivity contribution in [3.8, 4) is 11.6 Å². The highest BCUT2D eigenvalue weighted by Crippen LogP contribution is 2.27. The van der Waals surface area contributed by atoms with E-state index in [1.807, 2.05) is 6.26 Å². The number of thioether (sulfide) groups is 1. The predicted molar refractivity (Wildman–Crippen MR) is 68.0 cm³/mol. The molecule has 0 aliphatic rings. The second-order valence-electron chi connectivity index (χ2n) is 3.08. The van der Waals surface area contributed by atoms with Gasteiger partial charge in [-0.3, -0.25) is 0 Å². The molecule has 1 aromatic heterocycles. The molecule has 6 heteroatoms. The third-order valence-corrected chi connectivity index (χ3v) is 3.07. The zero-order valence-corrected chi connectivity index (χ0v) is 11.3. The topological polar surface area (TPSA) is 35.0 Å². The summed E-state index contributed by atoms with van der Waals surface area (Å²) in [6.45, 7) is 0. The maximum Gasteiger partial charge on any atom is 0.223 e. The Morgan fingerprint density at radius 3 is 2.88 bits per heavy atom. The number of hydrogen-bond acceptors (Lipinski definition) is 4. The zero-order chi connectivity index (χ0) is 12.3. The average Bonchev–Trinajstić information content (AvgIpc) is 2.34. The molecule has 0 saturated heterocycles. The third kappa shape index (κ3) is 3.17. The van der Waals surface area contributed by atoms with Gasteiger partial charge in [-0.1, -0.05) is 15.9 Å². The molecule has 2 rings (SSSR count). The van der Waals surface area contributed by atoms with Gasteiger partial charge in [0.25, 0.3) is 0 Å². The molecule has 0 saturated carbocycles. The molecule has 0 aliphatic heterocycles. The average molecular weight is 315 g/mol. The Morgan fingerprint density at radius 2 is 2.12 bits per heavy atom. The van der Waals surface area contributed by atoms with E-state index in [9.17, 15) is 4.39 Å². The molecule has 0 spiro atoms. The summed E-state index contributed by atoms with van der Waals surface area (Å²) in [6.07, 6.45) is 3.28. The molecule has 0 aliphatic carbocycles. The van der Waals surface area contributed by atoms with E-state index in [-0.39, 0.29) is 5.75 Å². The van der Waals surface area contributed by atoms with Crippen molar-refractivity contribution in [2.24, 2.45) is 0 Å². The minimum Gasteiger partial charge on any atom is -0.436 e. The maximum atomic E-state index is 13.4. The molecule has 0 N–H and O–H groups in total. The largest absolute Gasteiger partial charge is 0.436 e. The van der Waals surface area contributed by atoms with E-state index >= 15 is 0 Å². The molecule has 0 bridgehead atoms. The fraction of sp³-hybridized carbons (Fsp3) is 0.0909. The van der Waals surface area contributed by atoms with E-state index in [0.717, 1.165) is 9.50 Å². The van der Waals surface area contributed by atoms with Crippen molar-refractivity contribution >= 4 is 27.7 Å². The van der Waals surface area contributed by atoms with Crippen LogP contribution < -0.4 is 4.74 Å². The highest BCUT2D eigenvalue weighted by Gasteiger charge is 2.07. The van der Waals surface area contributed by atoms with Crippen LogP contribution in [0, 0.1) is 5.82 Å². The van der Waals surface area contributed by atoms with Crippen molar-refractivity contribution in [3.05, 3.63) is 40.9 Å². The molecule has 0 unspecified atom stereocenters. The minimum absolute atomic E-state index is 0.130. The summed E-state index contributed by atoms with van der Waals surface area (Å²) in [6, 6.07) is 6.15. The van der Waals surface area contributed by atoms with Crippen LogP contribution in [0.4, 0.5) is 4.39 Å². The fourth-order valence-corrected chi connectivity index (χ4v) is 1.87. The number of rotatable bonds is 3. The van der Waals surface area contributed by atoms with E-state index in [2.05, 4.69) is 25.9 Å². The van der Waals surface area contributed by atoms with Gasteiger partial charge < -0.3 is 4.74 Å². The first-order valence-corrected chi connectivity index (χ1v) is 6.70. The van der Waals surface area contributed by atoms with Crippen LogP contribution in [0.1, 0.15) is 0 Å². The third-order valence-electron chi connectivity index (χ3n) is 1.93. The van der Waals surface area contributed by atoms with Gasteiger partial charge >= 0.3 is 0 Å². The van der Waals surface area contributed by atoms with Gasteiger partial charge in [-0.05, 0) is 24.5 Å². The second-order valence-corrected chi connectivity index (χ2v) is 4.82. The normalized spacial score (nSPS) is 10.3. The summed E-state index contributed by atoms with van der Waals surface area (Å²) in [4.78, 5) is 7.93. The molecule has 17 heavy (non-hydrogen) atoms. The summed E-state index contributed by atoms with van der Waals surface area (Å²) in [5, 5.41) is 0.769. The van der Waals surface area contributed by atoms with Crippen molar-refractivity contribution in [1.29, 1.82) is 0 Å². The van der Waals surface area contributed by atoms with Gasteiger partial charge in [-0.15, -0.1) is 11.8 Å². The smallest absolute Gasteiger partial charge is 0.223 e. The van der Waals surface area contributed by atoms with Crippen LogP contribution in [0.3, 0.4) is 0 Å². The van der Waals surface area contributed by atoms with E-state index in [1.54, 1.807) is 18.2 Å². The van der Waals surface area contributed by atoms with Crippen LogP contribution in [-0.4, -0.2) is 16.2 Å². The SMILES string of the molecule is CSc1cc(Oc2cc(Br)ccc2F)ncn1. The Kier molecular flexibility index (Phi) is 3.96. The summed E-state index contributed by atoms with van der Waals surface area (Å²) >= 11 is 4.72. The number of benzene rings is 1. The van der Waals surface area contributed by atoms with Crippen molar-refractivity contribution in [1.82, 2.24) is 9.97 Å². The highest BCUT2D eigenvalue weighted by atomic mass is 79.9. The van der Waals surface area contributed by atoms with Gasteiger partial charge in [-0.25, -0.2) is 14.4 Å². The van der Waals surface area contributed by atoms with Gasteiger partial charge in [0.2, 0.25) is 5.88 Å². The molecular weight excluding hydrogens is 307 g/mol. The molecule has 0 radical (unpaired) electrons. The minimum atomic E-state index is -0.433. The second kappa shape index (κ2) is 5.46. The molecule has 2 aromatic rings. The number of hydrogen-bond donors (Lipinski definition) is 0. The van der Waals surface area contributed by atoms with Gasteiger partial charge in [0.15, 0.2) is 11.6 Å². The van der Waals surface area contributed by atoms with Crippen LogP contribution in [0.5, 0.6) is 11.6 Å². The van der Waals surface area contributed by atoms with Gasteiger partial charge in [0.1, 0.15) is 11.4 Å².